The molecule has 0 spiro atoms. The molecular formula is C20H20N4OS2. The molecule has 0 saturated carbocycles. The Kier molecular flexibility index (Phi) is 6.73. The molecule has 0 aliphatic rings. The highest BCUT2D eigenvalue weighted by molar-refractivity contribution is 8.00. The van der Waals surface area contributed by atoms with E-state index in [-0.39, 0.29) is 11.2 Å². The highest BCUT2D eigenvalue weighted by atomic mass is 32.2. The Bertz CT molecular complexity index is 911. The molecule has 1 N–H and O–H groups in total. The zero-order chi connectivity index (χ0) is 19.1. The molecule has 0 bridgehead atoms. The first-order valence-electron chi connectivity index (χ1n) is 8.45. The summed E-state index contributed by atoms with van der Waals surface area (Å²) in [5, 5.41) is 11.4. The molecule has 27 heavy (non-hydrogen) atoms. The van der Waals surface area contributed by atoms with Crippen molar-refractivity contribution in [3.8, 4) is 0 Å². The number of aromatic nitrogens is 3. The van der Waals surface area contributed by atoms with Crippen LogP contribution in [-0.2, 0) is 11.3 Å². The third-order valence-electron chi connectivity index (χ3n) is 3.67. The lowest BCUT2D eigenvalue weighted by Crippen LogP contribution is -2.23. The molecule has 1 heterocycles. The van der Waals surface area contributed by atoms with Crippen molar-refractivity contribution < 1.29 is 4.79 Å². The molecule has 2 aromatic carbocycles. The molecule has 3 rings (SSSR count). The van der Waals surface area contributed by atoms with Crippen molar-refractivity contribution >= 4 is 35.1 Å². The van der Waals surface area contributed by atoms with Gasteiger partial charge >= 0.3 is 0 Å². The summed E-state index contributed by atoms with van der Waals surface area (Å²) in [6.07, 6.45) is 3.41. The average molecular weight is 397 g/mol. The quantitative estimate of drug-likeness (QED) is 0.440. The first-order valence-corrected chi connectivity index (χ1v) is 10.1. The lowest BCUT2D eigenvalue weighted by Gasteiger charge is -2.14. The topological polar surface area (TPSA) is 59.8 Å². The molecule has 3 aromatic rings. The van der Waals surface area contributed by atoms with E-state index in [2.05, 4.69) is 22.1 Å². The molecule has 5 nitrogen and oxygen atoms in total. The third-order valence-corrected chi connectivity index (χ3v) is 5.85. The molecular weight excluding hydrogens is 376 g/mol. The largest absolute Gasteiger partial charge is 0.324 e. The standard InChI is InChI=1S/C20H20N4OS2/c1-3-13-24-14-21-23-20(24)26-15(2)19(25)22-17-11-7-8-12-18(17)27-16-9-5-4-6-10-16/h3-12,14-15H,1,13H2,2H3,(H,22,25). The lowest BCUT2D eigenvalue weighted by atomic mass is 10.3. The van der Waals surface area contributed by atoms with Crippen LogP contribution >= 0.6 is 23.5 Å². The summed E-state index contributed by atoms with van der Waals surface area (Å²) in [4.78, 5) is 14.8. The van der Waals surface area contributed by atoms with Gasteiger partial charge < -0.3 is 9.88 Å². The predicted octanol–water partition coefficient (Wildman–Crippen LogP) is 4.73. The van der Waals surface area contributed by atoms with Gasteiger partial charge in [0.2, 0.25) is 5.91 Å². The fourth-order valence-electron chi connectivity index (χ4n) is 2.32. The van der Waals surface area contributed by atoms with Crippen LogP contribution in [0, 0.1) is 0 Å². The Balaban J connectivity index is 1.68. The Morgan fingerprint density at radius 3 is 2.74 bits per heavy atom. The highest BCUT2D eigenvalue weighted by Gasteiger charge is 2.19. The normalized spacial score (nSPS) is 11.7. The van der Waals surface area contributed by atoms with Gasteiger partial charge in [-0.1, -0.05) is 59.9 Å². The number of thioether (sulfide) groups is 1. The molecule has 1 amide bonds. The minimum Gasteiger partial charge on any atom is -0.324 e. The smallest absolute Gasteiger partial charge is 0.237 e. The van der Waals surface area contributed by atoms with Crippen LogP contribution in [0.1, 0.15) is 6.92 Å². The highest BCUT2D eigenvalue weighted by Crippen LogP contribution is 2.33. The van der Waals surface area contributed by atoms with Crippen LogP contribution in [0.25, 0.3) is 0 Å². The number of anilines is 1. The summed E-state index contributed by atoms with van der Waals surface area (Å²) in [6, 6.07) is 17.9. The third kappa shape index (κ3) is 5.24. The van der Waals surface area contributed by atoms with Gasteiger partial charge in [-0.25, -0.2) is 0 Å². The molecule has 0 aliphatic heterocycles. The summed E-state index contributed by atoms with van der Waals surface area (Å²) in [5.41, 5.74) is 0.802. The van der Waals surface area contributed by atoms with Crippen molar-refractivity contribution in [2.45, 2.75) is 33.7 Å². The van der Waals surface area contributed by atoms with Crippen LogP contribution in [0.5, 0.6) is 0 Å². The molecule has 0 saturated heterocycles. The van der Waals surface area contributed by atoms with Crippen molar-refractivity contribution in [2.75, 3.05) is 5.32 Å². The van der Waals surface area contributed by atoms with E-state index in [1.54, 1.807) is 24.2 Å². The second-order valence-corrected chi connectivity index (χ2v) is 8.14. The van der Waals surface area contributed by atoms with Crippen molar-refractivity contribution in [3.63, 3.8) is 0 Å². The van der Waals surface area contributed by atoms with E-state index in [1.807, 2.05) is 66.1 Å². The van der Waals surface area contributed by atoms with E-state index in [9.17, 15) is 4.79 Å². The average Bonchev–Trinajstić information content (AvgIpc) is 3.11. The van der Waals surface area contributed by atoms with Gasteiger partial charge in [-0.3, -0.25) is 4.79 Å². The first-order chi connectivity index (χ1) is 13.2. The van der Waals surface area contributed by atoms with E-state index in [1.165, 1.54) is 11.8 Å². The van der Waals surface area contributed by atoms with Crippen LogP contribution in [0.15, 0.2) is 88.5 Å². The number of allylic oxidation sites excluding steroid dienone is 1. The fraction of sp³-hybridized carbons (Fsp3) is 0.150. The van der Waals surface area contributed by atoms with Gasteiger partial charge in [-0.2, -0.15) is 0 Å². The van der Waals surface area contributed by atoms with Crippen LogP contribution in [0.2, 0.25) is 0 Å². The number of amides is 1. The van der Waals surface area contributed by atoms with Gasteiger partial charge in [0, 0.05) is 16.3 Å². The number of nitrogens with zero attached hydrogens (tertiary/aromatic N) is 3. The summed E-state index contributed by atoms with van der Waals surface area (Å²) in [7, 11) is 0. The van der Waals surface area contributed by atoms with Gasteiger partial charge in [0.1, 0.15) is 6.33 Å². The SMILES string of the molecule is C=CCn1cnnc1SC(C)C(=O)Nc1ccccc1Sc1ccccc1. The number of benzene rings is 2. The van der Waals surface area contributed by atoms with E-state index in [0.29, 0.717) is 11.7 Å². The Morgan fingerprint density at radius 1 is 1.22 bits per heavy atom. The lowest BCUT2D eigenvalue weighted by molar-refractivity contribution is -0.115. The first kappa shape index (κ1) is 19.3. The van der Waals surface area contributed by atoms with E-state index in [0.717, 1.165) is 15.5 Å². The van der Waals surface area contributed by atoms with Crippen molar-refractivity contribution in [1.82, 2.24) is 14.8 Å². The number of nitrogens with one attached hydrogen (secondary N) is 1. The minimum atomic E-state index is -0.312. The monoisotopic (exact) mass is 396 g/mol. The molecule has 1 unspecified atom stereocenters. The van der Waals surface area contributed by atoms with Crippen LogP contribution < -0.4 is 5.32 Å². The van der Waals surface area contributed by atoms with Gasteiger partial charge in [-0.05, 0) is 31.2 Å². The zero-order valence-electron chi connectivity index (χ0n) is 14.9. The Labute approximate surface area is 167 Å². The summed E-state index contributed by atoms with van der Waals surface area (Å²) in [5.74, 6) is -0.0748. The Morgan fingerprint density at radius 2 is 1.96 bits per heavy atom. The second-order valence-electron chi connectivity index (χ2n) is 5.72. The van der Waals surface area contributed by atoms with Gasteiger partial charge in [0.15, 0.2) is 5.16 Å². The number of para-hydroxylation sites is 1. The number of hydrogen-bond donors (Lipinski definition) is 1. The maximum absolute atomic E-state index is 12.7. The van der Waals surface area contributed by atoms with Gasteiger partial charge in [0.25, 0.3) is 0 Å². The molecule has 0 aliphatic carbocycles. The molecule has 0 fully saturated rings. The number of hydrogen-bond acceptors (Lipinski definition) is 5. The Hall–Kier alpha value is -2.51. The maximum atomic E-state index is 12.7. The van der Waals surface area contributed by atoms with Crippen molar-refractivity contribution in [3.05, 3.63) is 73.6 Å². The van der Waals surface area contributed by atoms with Gasteiger partial charge in [0.05, 0.1) is 10.9 Å². The minimum absolute atomic E-state index is 0.0748. The molecule has 1 aromatic heterocycles. The molecule has 138 valence electrons. The van der Waals surface area contributed by atoms with Crippen LogP contribution in [0.3, 0.4) is 0 Å². The number of rotatable bonds is 8. The zero-order valence-corrected chi connectivity index (χ0v) is 16.5. The maximum Gasteiger partial charge on any atom is 0.237 e. The molecule has 0 radical (unpaired) electrons. The van der Waals surface area contributed by atoms with E-state index >= 15 is 0 Å². The summed E-state index contributed by atoms with van der Waals surface area (Å²) >= 11 is 3.00. The number of carbonyl (C=O) groups is 1. The summed E-state index contributed by atoms with van der Waals surface area (Å²) < 4.78 is 1.86. The van der Waals surface area contributed by atoms with E-state index < -0.39 is 0 Å². The predicted molar refractivity (Wildman–Crippen MR) is 111 cm³/mol. The molecule has 1 atom stereocenters. The summed E-state index contributed by atoms with van der Waals surface area (Å²) in [6.45, 7) is 6.20. The van der Waals surface area contributed by atoms with Crippen molar-refractivity contribution in [1.29, 1.82) is 0 Å². The van der Waals surface area contributed by atoms with Crippen LogP contribution in [-0.4, -0.2) is 25.9 Å². The van der Waals surface area contributed by atoms with Crippen LogP contribution in [0.4, 0.5) is 5.69 Å². The van der Waals surface area contributed by atoms with E-state index in [4.69, 9.17) is 0 Å². The number of carbonyl (C=O) groups excluding carboxylic acids is 1. The van der Waals surface area contributed by atoms with Crippen molar-refractivity contribution in [2.24, 2.45) is 0 Å². The second kappa shape index (κ2) is 9.43. The fourth-order valence-corrected chi connectivity index (χ4v) is 4.08. The van der Waals surface area contributed by atoms with Gasteiger partial charge in [-0.15, -0.1) is 16.8 Å². The molecule has 7 heteroatoms.